The van der Waals surface area contributed by atoms with E-state index in [4.69, 9.17) is 15.2 Å². The van der Waals surface area contributed by atoms with Crippen LogP contribution in [0.25, 0.3) is 0 Å². The molecule has 6 nitrogen and oxygen atoms in total. The molecule has 3 fully saturated rings. The van der Waals surface area contributed by atoms with Crippen LogP contribution in [0.3, 0.4) is 0 Å². The topological polar surface area (TPSA) is 68.0 Å². The molecule has 0 radical (unpaired) electrons. The van der Waals surface area contributed by atoms with Crippen molar-refractivity contribution in [2.24, 2.45) is 17.1 Å². The Morgan fingerprint density at radius 1 is 1.04 bits per heavy atom. The van der Waals surface area contributed by atoms with E-state index in [2.05, 4.69) is 9.80 Å². The van der Waals surface area contributed by atoms with Crippen molar-refractivity contribution in [3.05, 3.63) is 0 Å². The van der Waals surface area contributed by atoms with Crippen LogP contribution in [0.4, 0.5) is 0 Å². The number of nitrogens with two attached hydrogens (primary N) is 1. The second-order valence-electron chi connectivity index (χ2n) is 7.27. The number of carbonyl (C=O) groups is 1. The van der Waals surface area contributed by atoms with E-state index >= 15 is 0 Å². The van der Waals surface area contributed by atoms with Gasteiger partial charge in [-0.2, -0.15) is 0 Å². The predicted molar refractivity (Wildman–Crippen MR) is 103 cm³/mol. The van der Waals surface area contributed by atoms with Gasteiger partial charge >= 0.3 is 0 Å². The minimum atomic E-state index is -0.376. The van der Waals surface area contributed by atoms with Gasteiger partial charge in [-0.25, -0.2) is 0 Å². The summed E-state index contributed by atoms with van der Waals surface area (Å²) in [5, 5.41) is 0. The van der Waals surface area contributed by atoms with Gasteiger partial charge in [0.15, 0.2) is 0 Å². The molecule has 25 heavy (non-hydrogen) atoms. The third-order valence-electron chi connectivity index (χ3n) is 5.72. The first-order chi connectivity index (χ1) is 11.2. The van der Waals surface area contributed by atoms with Crippen LogP contribution in [-0.4, -0.2) is 81.4 Å². The largest absolute Gasteiger partial charge is 0.381 e. The molecule has 0 bridgehead atoms. The average molecular weight is 398 g/mol. The van der Waals surface area contributed by atoms with Gasteiger partial charge in [0.1, 0.15) is 0 Å². The fourth-order valence-electron chi connectivity index (χ4n) is 4.15. The predicted octanol–water partition coefficient (Wildman–Crippen LogP) is 1.16. The number of carbonyl (C=O) groups excluding carboxylic acids is 1. The van der Waals surface area contributed by atoms with Crippen molar-refractivity contribution in [3.8, 4) is 0 Å². The molecule has 3 heterocycles. The maximum absolute atomic E-state index is 13.1. The zero-order valence-electron chi connectivity index (χ0n) is 15.0. The van der Waals surface area contributed by atoms with E-state index in [1.165, 1.54) is 6.42 Å². The first-order valence-electron chi connectivity index (χ1n) is 9.11. The first kappa shape index (κ1) is 22.9. The summed E-state index contributed by atoms with van der Waals surface area (Å²) in [5.74, 6) is 0.857. The van der Waals surface area contributed by atoms with Gasteiger partial charge in [0.2, 0.25) is 5.91 Å². The van der Waals surface area contributed by atoms with Gasteiger partial charge in [0.05, 0.1) is 18.6 Å². The lowest BCUT2D eigenvalue weighted by Gasteiger charge is -2.42. The second-order valence-corrected chi connectivity index (χ2v) is 7.27. The summed E-state index contributed by atoms with van der Waals surface area (Å²) in [6.07, 6.45) is 3.87. The molecule has 8 heteroatoms. The Morgan fingerprint density at radius 3 is 2.32 bits per heavy atom. The quantitative estimate of drug-likeness (QED) is 0.770. The smallest absolute Gasteiger partial charge is 0.230 e. The molecule has 3 saturated heterocycles. The van der Waals surface area contributed by atoms with Crippen molar-refractivity contribution >= 4 is 30.7 Å². The van der Waals surface area contributed by atoms with Gasteiger partial charge in [-0.3, -0.25) is 9.69 Å². The van der Waals surface area contributed by atoms with Gasteiger partial charge in [-0.05, 0) is 31.6 Å². The van der Waals surface area contributed by atoms with Crippen molar-refractivity contribution in [2.75, 3.05) is 65.7 Å². The lowest BCUT2D eigenvalue weighted by molar-refractivity contribution is -0.149. The summed E-state index contributed by atoms with van der Waals surface area (Å²) in [6, 6.07) is 0. The van der Waals surface area contributed by atoms with E-state index in [0.717, 1.165) is 65.2 Å². The van der Waals surface area contributed by atoms with Crippen LogP contribution in [0.5, 0.6) is 0 Å². The molecule has 0 aromatic rings. The van der Waals surface area contributed by atoms with Gasteiger partial charge in [-0.15, -0.1) is 24.8 Å². The van der Waals surface area contributed by atoms with E-state index < -0.39 is 0 Å². The van der Waals surface area contributed by atoms with Crippen LogP contribution in [0.15, 0.2) is 0 Å². The Bertz CT molecular complexity index is 403. The minimum Gasteiger partial charge on any atom is -0.381 e. The van der Waals surface area contributed by atoms with Crippen LogP contribution in [0.1, 0.15) is 25.7 Å². The Labute approximate surface area is 163 Å². The van der Waals surface area contributed by atoms with Crippen molar-refractivity contribution in [1.82, 2.24) is 9.80 Å². The monoisotopic (exact) mass is 397 g/mol. The number of nitrogens with zero attached hydrogens (tertiary/aromatic N) is 2. The van der Waals surface area contributed by atoms with Crippen LogP contribution in [0.2, 0.25) is 0 Å². The highest BCUT2D eigenvalue weighted by molar-refractivity contribution is 5.85. The fourth-order valence-corrected chi connectivity index (χ4v) is 4.15. The number of hydrogen-bond acceptors (Lipinski definition) is 5. The summed E-state index contributed by atoms with van der Waals surface area (Å²) in [7, 11) is 0. The minimum absolute atomic E-state index is 0. The number of piperidine rings is 1. The molecule has 0 aromatic carbocycles. The zero-order valence-corrected chi connectivity index (χ0v) is 16.6. The Hall–Kier alpha value is -0.110. The molecule has 1 amide bonds. The number of hydrogen-bond donors (Lipinski definition) is 1. The summed E-state index contributed by atoms with van der Waals surface area (Å²) < 4.78 is 10.9. The highest BCUT2D eigenvalue weighted by atomic mass is 35.5. The number of amides is 1. The lowest BCUT2D eigenvalue weighted by Crippen LogP contribution is -2.54. The SMILES string of the molecule is Cl.Cl.NCC1(C(=O)N2CCCC(CN3CCOCC3)C2)CCOCC1. The highest BCUT2D eigenvalue weighted by Gasteiger charge is 2.42. The van der Waals surface area contributed by atoms with E-state index in [9.17, 15) is 4.79 Å². The molecule has 148 valence electrons. The summed E-state index contributed by atoms with van der Waals surface area (Å²) in [5.41, 5.74) is 5.63. The van der Waals surface area contributed by atoms with E-state index in [1.54, 1.807) is 0 Å². The third-order valence-corrected chi connectivity index (χ3v) is 5.72. The molecule has 2 N–H and O–H groups in total. The maximum atomic E-state index is 13.1. The Balaban J connectivity index is 0.00000156. The molecule has 0 saturated carbocycles. The van der Waals surface area contributed by atoms with Crippen molar-refractivity contribution in [1.29, 1.82) is 0 Å². The molecule has 1 atom stereocenters. The van der Waals surface area contributed by atoms with Crippen molar-refractivity contribution in [2.45, 2.75) is 25.7 Å². The van der Waals surface area contributed by atoms with Crippen LogP contribution >= 0.6 is 24.8 Å². The molecular weight excluding hydrogens is 365 g/mol. The molecule has 0 aliphatic carbocycles. The van der Waals surface area contributed by atoms with Gasteiger partial charge in [-0.1, -0.05) is 0 Å². The summed E-state index contributed by atoms with van der Waals surface area (Å²) in [4.78, 5) is 17.7. The second kappa shape index (κ2) is 10.9. The number of morpholine rings is 1. The van der Waals surface area contributed by atoms with Crippen LogP contribution < -0.4 is 5.73 Å². The number of ether oxygens (including phenoxy) is 2. The van der Waals surface area contributed by atoms with E-state index in [0.29, 0.717) is 25.7 Å². The first-order valence-corrected chi connectivity index (χ1v) is 9.11. The number of likely N-dealkylation sites (tertiary alicyclic amines) is 1. The number of rotatable bonds is 4. The van der Waals surface area contributed by atoms with Crippen molar-refractivity contribution in [3.63, 3.8) is 0 Å². The van der Waals surface area contributed by atoms with Gasteiger partial charge in [0, 0.05) is 52.5 Å². The zero-order chi connectivity index (χ0) is 16.1. The molecule has 3 rings (SSSR count). The number of halogens is 2. The molecule has 3 aliphatic rings. The van der Waals surface area contributed by atoms with Gasteiger partial charge in [0.25, 0.3) is 0 Å². The highest BCUT2D eigenvalue weighted by Crippen LogP contribution is 2.33. The van der Waals surface area contributed by atoms with Crippen LogP contribution in [-0.2, 0) is 14.3 Å². The standard InChI is InChI=1S/C17H31N3O3.2ClH/c18-14-17(3-8-22-9-4-17)16(21)20-5-1-2-15(13-20)12-19-6-10-23-11-7-19;;/h15H,1-14,18H2;2*1H. The average Bonchev–Trinajstić information content (AvgIpc) is 2.63. The summed E-state index contributed by atoms with van der Waals surface area (Å²) >= 11 is 0. The molecule has 0 spiro atoms. The van der Waals surface area contributed by atoms with E-state index in [1.807, 2.05) is 0 Å². The summed E-state index contributed by atoms with van der Waals surface area (Å²) in [6.45, 7) is 8.36. The van der Waals surface area contributed by atoms with Crippen molar-refractivity contribution < 1.29 is 14.3 Å². The third kappa shape index (κ3) is 5.68. The fraction of sp³-hybridized carbons (Fsp3) is 0.941. The normalized spacial score (nSPS) is 27.1. The molecular formula is C17H33Cl2N3O3. The lowest BCUT2D eigenvalue weighted by atomic mass is 9.78. The Kier molecular flexibility index (Phi) is 10.00. The van der Waals surface area contributed by atoms with Gasteiger partial charge < -0.3 is 20.1 Å². The molecule has 0 aromatic heterocycles. The maximum Gasteiger partial charge on any atom is 0.230 e. The van der Waals surface area contributed by atoms with Crippen LogP contribution in [0, 0.1) is 11.3 Å². The Morgan fingerprint density at radius 2 is 1.68 bits per heavy atom. The van der Waals surface area contributed by atoms with E-state index in [-0.39, 0.29) is 36.1 Å². The molecule has 3 aliphatic heterocycles. The molecule has 1 unspecified atom stereocenters.